The fourth-order valence-corrected chi connectivity index (χ4v) is 2.32. The number of hydrogen-bond acceptors (Lipinski definition) is 4. The second kappa shape index (κ2) is 13.6. The first-order valence-electron chi connectivity index (χ1n) is 8.80. The Morgan fingerprint density at radius 1 is 0.864 bits per heavy atom. The molecule has 0 saturated carbocycles. The second-order valence-electron chi connectivity index (χ2n) is 6.42. The highest BCUT2D eigenvalue weighted by molar-refractivity contribution is 5.70. The summed E-state index contributed by atoms with van der Waals surface area (Å²) in [5, 5.41) is 0. The van der Waals surface area contributed by atoms with Gasteiger partial charge in [0.2, 0.25) is 0 Å². The number of hydrogen-bond donors (Lipinski definition) is 0. The van der Waals surface area contributed by atoms with Crippen LogP contribution in [0.4, 0.5) is 0 Å². The van der Waals surface area contributed by atoms with E-state index < -0.39 is 0 Å². The zero-order valence-corrected chi connectivity index (χ0v) is 14.9. The zero-order chi connectivity index (χ0) is 16.8. The first-order valence-corrected chi connectivity index (χ1v) is 8.80. The number of unbranched alkanes of at least 4 members (excludes halogenated alkanes) is 4. The minimum Gasteiger partial charge on any atom is -0.466 e. The lowest BCUT2D eigenvalue weighted by Crippen LogP contribution is -2.16. The Labute approximate surface area is 135 Å². The highest BCUT2D eigenvalue weighted by Crippen LogP contribution is 2.10. The van der Waals surface area contributed by atoms with E-state index in [4.69, 9.17) is 9.47 Å². The lowest BCUT2D eigenvalue weighted by atomic mass is 10.1. The Hall–Kier alpha value is -1.06. The minimum absolute atomic E-state index is 0.00871. The van der Waals surface area contributed by atoms with Crippen molar-refractivity contribution in [3.63, 3.8) is 0 Å². The Morgan fingerprint density at radius 2 is 1.50 bits per heavy atom. The van der Waals surface area contributed by atoms with E-state index in [1.807, 2.05) is 6.92 Å². The van der Waals surface area contributed by atoms with E-state index in [2.05, 4.69) is 20.8 Å². The predicted octanol–water partition coefficient (Wildman–Crippen LogP) is 4.65. The van der Waals surface area contributed by atoms with E-state index >= 15 is 0 Å². The van der Waals surface area contributed by atoms with Crippen LogP contribution in [0.2, 0.25) is 0 Å². The maximum absolute atomic E-state index is 11.6. The minimum atomic E-state index is -0.129. The maximum atomic E-state index is 11.6. The lowest BCUT2D eigenvalue weighted by Gasteiger charge is -2.15. The topological polar surface area (TPSA) is 52.6 Å². The first-order chi connectivity index (χ1) is 10.5. The molecule has 0 bridgehead atoms. The van der Waals surface area contributed by atoms with E-state index in [0.29, 0.717) is 25.4 Å². The van der Waals surface area contributed by atoms with Crippen molar-refractivity contribution < 1.29 is 19.1 Å². The molecule has 0 radical (unpaired) electrons. The van der Waals surface area contributed by atoms with Gasteiger partial charge in [-0.1, -0.05) is 40.0 Å². The SMILES string of the molecule is CCCCCOC(=O)CCCCCC(=O)OC(C)CC(C)C. The average Bonchev–Trinajstić information content (AvgIpc) is 2.42. The molecule has 0 aromatic carbocycles. The van der Waals surface area contributed by atoms with Crippen LogP contribution in [0.15, 0.2) is 0 Å². The molecule has 0 aromatic rings. The average molecular weight is 314 g/mol. The Balaban J connectivity index is 3.48. The van der Waals surface area contributed by atoms with Gasteiger partial charge in [-0.15, -0.1) is 0 Å². The molecule has 22 heavy (non-hydrogen) atoms. The number of ether oxygens (including phenoxy) is 2. The molecule has 0 aliphatic carbocycles. The summed E-state index contributed by atoms with van der Waals surface area (Å²) in [6, 6.07) is 0. The van der Waals surface area contributed by atoms with E-state index in [1.165, 1.54) is 0 Å². The highest BCUT2D eigenvalue weighted by atomic mass is 16.5. The molecule has 130 valence electrons. The third-order valence-electron chi connectivity index (χ3n) is 3.41. The lowest BCUT2D eigenvalue weighted by molar-refractivity contribution is -0.149. The van der Waals surface area contributed by atoms with Crippen molar-refractivity contribution in [2.75, 3.05) is 6.61 Å². The van der Waals surface area contributed by atoms with E-state index in [9.17, 15) is 9.59 Å². The van der Waals surface area contributed by atoms with Gasteiger partial charge in [0.25, 0.3) is 0 Å². The largest absolute Gasteiger partial charge is 0.466 e. The van der Waals surface area contributed by atoms with Crippen LogP contribution in [-0.2, 0) is 19.1 Å². The standard InChI is InChI=1S/C18H34O4/c1-5-6-10-13-21-17(19)11-8-7-9-12-18(20)22-16(4)14-15(2)3/h15-16H,5-14H2,1-4H3. The predicted molar refractivity (Wildman–Crippen MR) is 88.6 cm³/mol. The molecule has 0 heterocycles. The summed E-state index contributed by atoms with van der Waals surface area (Å²) >= 11 is 0. The molecule has 0 fully saturated rings. The van der Waals surface area contributed by atoms with Crippen LogP contribution in [0.25, 0.3) is 0 Å². The Kier molecular flexibility index (Phi) is 12.9. The van der Waals surface area contributed by atoms with E-state index in [0.717, 1.165) is 44.9 Å². The van der Waals surface area contributed by atoms with Gasteiger partial charge in [-0.2, -0.15) is 0 Å². The summed E-state index contributed by atoms with van der Waals surface area (Å²) in [4.78, 5) is 23.1. The Morgan fingerprint density at radius 3 is 2.09 bits per heavy atom. The van der Waals surface area contributed by atoms with Crippen molar-refractivity contribution in [1.82, 2.24) is 0 Å². The van der Waals surface area contributed by atoms with Gasteiger partial charge in [0.1, 0.15) is 0 Å². The van der Waals surface area contributed by atoms with Gasteiger partial charge in [-0.3, -0.25) is 9.59 Å². The highest BCUT2D eigenvalue weighted by Gasteiger charge is 2.11. The molecule has 4 heteroatoms. The third-order valence-corrected chi connectivity index (χ3v) is 3.41. The van der Waals surface area contributed by atoms with Gasteiger partial charge in [0.15, 0.2) is 0 Å². The maximum Gasteiger partial charge on any atom is 0.306 e. The molecule has 0 aromatic heterocycles. The number of carbonyl (C=O) groups is 2. The van der Waals surface area contributed by atoms with Crippen molar-refractivity contribution in [2.24, 2.45) is 5.92 Å². The van der Waals surface area contributed by atoms with Crippen molar-refractivity contribution in [2.45, 2.75) is 91.6 Å². The first kappa shape index (κ1) is 20.9. The van der Waals surface area contributed by atoms with Gasteiger partial charge in [-0.05, 0) is 38.5 Å². The van der Waals surface area contributed by atoms with Crippen LogP contribution in [0.5, 0.6) is 0 Å². The normalized spacial score (nSPS) is 12.2. The van der Waals surface area contributed by atoms with Gasteiger partial charge in [-0.25, -0.2) is 0 Å². The van der Waals surface area contributed by atoms with E-state index in [-0.39, 0.29) is 18.0 Å². The summed E-state index contributed by atoms with van der Waals surface area (Å²) in [7, 11) is 0. The molecule has 1 atom stereocenters. The summed E-state index contributed by atoms with van der Waals surface area (Å²) < 4.78 is 10.5. The third kappa shape index (κ3) is 13.9. The molecule has 0 aliphatic rings. The summed E-state index contributed by atoms with van der Waals surface area (Å²) in [6.45, 7) is 8.83. The number of rotatable bonds is 13. The quantitative estimate of drug-likeness (QED) is 0.367. The van der Waals surface area contributed by atoms with E-state index in [1.54, 1.807) is 0 Å². The molecule has 0 spiro atoms. The number of esters is 2. The van der Waals surface area contributed by atoms with Crippen LogP contribution in [0, 0.1) is 5.92 Å². The van der Waals surface area contributed by atoms with Crippen molar-refractivity contribution in [3.05, 3.63) is 0 Å². The van der Waals surface area contributed by atoms with Crippen LogP contribution in [-0.4, -0.2) is 24.6 Å². The Bertz CT molecular complexity index is 299. The molecule has 1 unspecified atom stereocenters. The van der Waals surface area contributed by atoms with Gasteiger partial charge >= 0.3 is 11.9 Å². The molecule has 0 N–H and O–H groups in total. The van der Waals surface area contributed by atoms with Gasteiger partial charge < -0.3 is 9.47 Å². The molecular weight excluding hydrogens is 280 g/mol. The molecular formula is C18H34O4. The fraction of sp³-hybridized carbons (Fsp3) is 0.889. The fourth-order valence-electron chi connectivity index (χ4n) is 2.32. The zero-order valence-electron chi connectivity index (χ0n) is 14.9. The van der Waals surface area contributed by atoms with Crippen LogP contribution >= 0.6 is 0 Å². The molecule has 4 nitrogen and oxygen atoms in total. The van der Waals surface area contributed by atoms with Gasteiger partial charge in [0, 0.05) is 12.8 Å². The summed E-state index contributed by atoms with van der Waals surface area (Å²) in [5.41, 5.74) is 0. The number of carbonyl (C=O) groups excluding carboxylic acids is 2. The molecule has 0 rings (SSSR count). The smallest absolute Gasteiger partial charge is 0.306 e. The van der Waals surface area contributed by atoms with Crippen molar-refractivity contribution in [1.29, 1.82) is 0 Å². The van der Waals surface area contributed by atoms with Gasteiger partial charge in [0.05, 0.1) is 12.7 Å². The summed E-state index contributed by atoms with van der Waals surface area (Å²) in [5.74, 6) is 0.283. The molecule has 0 aliphatic heterocycles. The van der Waals surface area contributed by atoms with Crippen LogP contribution < -0.4 is 0 Å². The van der Waals surface area contributed by atoms with Crippen LogP contribution in [0.3, 0.4) is 0 Å². The van der Waals surface area contributed by atoms with Crippen molar-refractivity contribution in [3.8, 4) is 0 Å². The van der Waals surface area contributed by atoms with Crippen molar-refractivity contribution >= 4 is 11.9 Å². The molecule has 0 saturated heterocycles. The molecule has 0 amide bonds. The second-order valence-corrected chi connectivity index (χ2v) is 6.42. The monoisotopic (exact) mass is 314 g/mol. The van der Waals surface area contributed by atoms with Crippen LogP contribution in [0.1, 0.15) is 85.5 Å². The summed E-state index contributed by atoms with van der Waals surface area (Å²) in [6.07, 6.45) is 7.37.